The summed E-state index contributed by atoms with van der Waals surface area (Å²) in [6, 6.07) is 5.86. The van der Waals surface area contributed by atoms with Gasteiger partial charge < -0.3 is 10.4 Å². The molecule has 88 valence electrons. The van der Waals surface area contributed by atoms with Gasteiger partial charge in [0.1, 0.15) is 5.75 Å². The third-order valence-corrected chi connectivity index (χ3v) is 4.07. The Morgan fingerprint density at radius 2 is 2.38 bits per heavy atom. The average molecular weight is 237 g/mol. The maximum atomic E-state index is 9.78. The summed E-state index contributed by atoms with van der Waals surface area (Å²) >= 11 is 1.64. The lowest BCUT2D eigenvalue weighted by molar-refractivity contribution is 0.373. The molecule has 1 saturated heterocycles. The first-order valence-electron chi connectivity index (χ1n) is 5.87. The second-order valence-electron chi connectivity index (χ2n) is 4.39. The summed E-state index contributed by atoms with van der Waals surface area (Å²) in [5.74, 6) is 1.15. The van der Waals surface area contributed by atoms with Gasteiger partial charge in [0.05, 0.1) is 4.90 Å². The van der Waals surface area contributed by atoms with Crippen LogP contribution in [-0.2, 0) is 6.42 Å². The summed E-state index contributed by atoms with van der Waals surface area (Å²) < 4.78 is 0. The molecule has 1 aliphatic rings. The molecule has 1 aromatic carbocycles. The van der Waals surface area contributed by atoms with Gasteiger partial charge >= 0.3 is 0 Å². The van der Waals surface area contributed by atoms with E-state index in [0.29, 0.717) is 5.75 Å². The SMILES string of the molecule is CSc1c(O)cccc1CC1CCCNC1. The van der Waals surface area contributed by atoms with Gasteiger partial charge in [0, 0.05) is 0 Å². The molecular weight excluding hydrogens is 218 g/mol. The highest BCUT2D eigenvalue weighted by molar-refractivity contribution is 7.98. The fourth-order valence-corrected chi connectivity index (χ4v) is 3.07. The van der Waals surface area contributed by atoms with Gasteiger partial charge in [-0.2, -0.15) is 0 Å². The molecule has 1 heterocycles. The molecule has 0 aromatic heterocycles. The largest absolute Gasteiger partial charge is 0.507 e. The first-order valence-corrected chi connectivity index (χ1v) is 7.09. The zero-order valence-corrected chi connectivity index (χ0v) is 10.5. The minimum atomic E-state index is 0.425. The van der Waals surface area contributed by atoms with E-state index in [1.807, 2.05) is 12.3 Å². The highest BCUT2D eigenvalue weighted by Gasteiger charge is 2.16. The van der Waals surface area contributed by atoms with E-state index >= 15 is 0 Å². The molecule has 0 saturated carbocycles. The van der Waals surface area contributed by atoms with Gasteiger partial charge in [-0.15, -0.1) is 11.8 Å². The number of rotatable bonds is 3. The molecule has 2 rings (SSSR count). The van der Waals surface area contributed by atoms with E-state index in [1.165, 1.54) is 18.4 Å². The number of benzene rings is 1. The van der Waals surface area contributed by atoms with Crippen molar-refractivity contribution < 1.29 is 5.11 Å². The van der Waals surface area contributed by atoms with Gasteiger partial charge in [-0.05, 0) is 56.2 Å². The van der Waals surface area contributed by atoms with Crippen molar-refractivity contribution in [2.45, 2.75) is 24.2 Å². The number of phenolic OH excluding ortho intramolecular Hbond substituents is 1. The highest BCUT2D eigenvalue weighted by atomic mass is 32.2. The molecule has 0 radical (unpaired) electrons. The van der Waals surface area contributed by atoms with E-state index in [-0.39, 0.29) is 0 Å². The van der Waals surface area contributed by atoms with Gasteiger partial charge in [0.25, 0.3) is 0 Å². The normalized spacial score (nSPS) is 20.9. The number of thioether (sulfide) groups is 1. The predicted octanol–water partition coefficient (Wildman–Crippen LogP) is 2.66. The van der Waals surface area contributed by atoms with Crippen LogP contribution in [0.1, 0.15) is 18.4 Å². The van der Waals surface area contributed by atoms with Crippen LogP contribution in [0, 0.1) is 5.92 Å². The average Bonchev–Trinajstić information content (AvgIpc) is 2.31. The van der Waals surface area contributed by atoms with Crippen LogP contribution in [0.5, 0.6) is 5.75 Å². The summed E-state index contributed by atoms with van der Waals surface area (Å²) in [6.07, 6.45) is 5.68. The van der Waals surface area contributed by atoms with Crippen LogP contribution in [0.3, 0.4) is 0 Å². The Kier molecular flexibility index (Phi) is 4.13. The van der Waals surface area contributed by atoms with Crippen molar-refractivity contribution in [1.29, 1.82) is 0 Å². The monoisotopic (exact) mass is 237 g/mol. The van der Waals surface area contributed by atoms with Gasteiger partial charge in [-0.3, -0.25) is 0 Å². The standard InChI is InChI=1S/C13H19NOS/c1-16-13-11(5-2-6-12(13)15)8-10-4-3-7-14-9-10/h2,5-6,10,14-15H,3-4,7-9H2,1H3. The third kappa shape index (κ3) is 2.71. The van der Waals surface area contributed by atoms with Crippen molar-refractivity contribution in [2.24, 2.45) is 5.92 Å². The van der Waals surface area contributed by atoms with Crippen molar-refractivity contribution in [1.82, 2.24) is 5.32 Å². The Bertz CT molecular complexity index is 348. The predicted molar refractivity (Wildman–Crippen MR) is 69.2 cm³/mol. The van der Waals surface area contributed by atoms with Crippen molar-refractivity contribution >= 4 is 11.8 Å². The lowest BCUT2D eigenvalue weighted by Gasteiger charge is -2.23. The minimum Gasteiger partial charge on any atom is -0.507 e. The topological polar surface area (TPSA) is 32.3 Å². The highest BCUT2D eigenvalue weighted by Crippen LogP contribution is 2.32. The van der Waals surface area contributed by atoms with Crippen LogP contribution >= 0.6 is 11.8 Å². The summed E-state index contributed by atoms with van der Waals surface area (Å²) in [4.78, 5) is 1.05. The lowest BCUT2D eigenvalue weighted by atomic mass is 9.92. The second-order valence-corrected chi connectivity index (χ2v) is 5.20. The fourth-order valence-electron chi connectivity index (χ4n) is 2.38. The summed E-state index contributed by atoms with van der Waals surface area (Å²) in [7, 11) is 0. The number of piperidine rings is 1. The molecule has 2 N–H and O–H groups in total. The van der Waals surface area contributed by atoms with E-state index in [0.717, 1.165) is 30.3 Å². The molecule has 16 heavy (non-hydrogen) atoms. The molecule has 1 aromatic rings. The van der Waals surface area contributed by atoms with Gasteiger partial charge in [-0.25, -0.2) is 0 Å². The quantitative estimate of drug-likeness (QED) is 0.793. The lowest BCUT2D eigenvalue weighted by Crippen LogP contribution is -2.30. The smallest absolute Gasteiger partial charge is 0.129 e. The van der Waals surface area contributed by atoms with Gasteiger partial charge in [0.15, 0.2) is 0 Å². The summed E-state index contributed by atoms with van der Waals surface area (Å²) in [5.41, 5.74) is 1.29. The van der Waals surface area contributed by atoms with E-state index in [4.69, 9.17) is 0 Å². The van der Waals surface area contributed by atoms with Gasteiger partial charge in [-0.1, -0.05) is 12.1 Å². The van der Waals surface area contributed by atoms with Crippen LogP contribution in [0.25, 0.3) is 0 Å². The van der Waals surface area contributed by atoms with Crippen LogP contribution in [0.2, 0.25) is 0 Å². The third-order valence-electron chi connectivity index (χ3n) is 3.19. The molecule has 2 nitrogen and oxygen atoms in total. The van der Waals surface area contributed by atoms with E-state index in [9.17, 15) is 5.11 Å². The molecule has 1 atom stereocenters. The van der Waals surface area contributed by atoms with Crippen LogP contribution in [0.4, 0.5) is 0 Å². The number of nitrogens with one attached hydrogen (secondary N) is 1. The zero-order chi connectivity index (χ0) is 11.4. The van der Waals surface area contributed by atoms with Gasteiger partial charge in [0.2, 0.25) is 0 Å². The molecular formula is C13H19NOS. The number of aromatic hydroxyl groups is 1. The molecule has 0 spiro atoms. The molecule has 1 fully saturated rings. The molecule has 1 aliphatic heterocycles. The van der Waals surface area contributed by atoms with Crippen molar-refractivity contribution in [2.75, 3.05) is 19.3 Å². The number of hydrogen-bond acceptors (Lipinski definition) is 3. The number of phenols is 1. The molecule has 3 heteroatoms. The Labute approximate surface area is 101 Å². The Morgan fingerprint density at radius 3 is 3.06 bits per heavy atom. The van der Waals surface area contributed by atoms with Crippen LogP contribution < -0.4 is 5.32 Å². The fraction of sp³-hybridized carbons (Fsp3) is 0.538. The first kappa shape index (κ1) is 11.8. The van der Waals surface area contributed by atoms with E-state index in [1.54, 1.807) is 17.8 Å². The van der Waals surface area contributed by atoms with Crippen molar-refractivity contribution in [3.05, 3.63) is 23.8 Å². The maximum absolute atomic E-state index is 9.78. The number of hydrogen-bond donors (Lipinski definition) is 2. The molecule has 0 amide bonds. The first-order chi connectivity index (χ1) is 7.81. The van der Waals surface area contributed by atoms with E-state index in [2.05, 4.69) is 11.4 Å². The van der Waals surface area contributed by atoms with E-state index < -0.39 is 0 Å². The zero-order valence-electron chi connectivity index (χ0n) is 9.70. The summed E-state index contributed by atoms with van der Waals surface area (Å²) in [6.45, 7) is 2.27. The maximum Gasteiger partial charge on any atom is 0.129 e. The Balaban J connectivity index is 2.10. The van der Waals surface area contributed by atoms with Crippen molar-refractivity contribution in [3.8, 4) is 5.75 Å². The molecule has 0 bridgehead atoms. The van der Waals surface area contributed by atoms with Crippen LogP contribution in [-0.4, -0.2) is 24.5 Å². The second kappa shape index (κ2) is 5.60. The van der Waals surface area contributed by atoms with Crippen LogP contribution in [0.15, 0.2) is 23.1 Å². The molecule has 0 aliphatic carbocycles. The van der Waals surface area contributed by atoms with Crippen molar-refractivity contribution in [3.63, 3.8) is 0 Å². The summed E-state index contributed by atoms with van der Waals surface area (Å²) in [5, 5.41) is 13.2. The minimum absolute atomic E-state index is 0.425. The Morgan fingerprint density at radius 1 is 1.50 bits per heavy atom. The molecule has 1 unspecified atom stereocenters. The Hall–Kier alpha value is -0.670.